The van der Waals surface area contributed by atoms with Gasteiger partial charge in [-0.15, -0.1) is 0 Å². The molecule has 2 aromatic heterocycles. The van der Waals surface area contributed by atoms with Gasteiger partial charge in [0.15, 0.2) is 12.4 Å². The quantitative estimate of drug-likeness (QED) is 0.167. The van der Waals surface area contributed by atoms with Gasteiger partial charge < -0.3 is 14.4 Å². The lowest BCUT2D eigenvalue weighted by atomic mass is 9.79. The Morgan fingerprint density at radius 2 is 1.97 bits per heavy atom. The Bertz CT molecular complexity index is 1510. The number of hydrogen-bond donors (Lipinski definition) is 2. The third-order valence-electron chi connectivity index (χ3n) is 7.25. The van der Waals surface area contributed by atoms with E-state index in [4.69, 9.17) is 14.1 Å². The van der Waals surface area contributed by atoms with E-state index in [0.717, 1.165) is 23.1 Å². The summed E-state index contributed by atoms with van der Waals surface area (Å²) in [4.78, 5) is 26.4. The van der Waals surface area contributed by atoms with Crippen LogP contribution in [0.25, 0.3) is 22.1 Å². The van der Waals surface area contributed by atoms with Gasteiger partial charge in [-0.05, 0) is 62.8 Å². The van der Waals surface area contributed by atoms with Crippen LogP contribution >= 0.6 is 0 Å². The number of rotatable bonds is 10. The lowest BCUT2D eigenvalue weighted by Gasteiger charge is -2.47. The molecule has 10 heteroatoms. The maximum atomic E-state index is 13.1. The van der Waals surface area contributed by atoms with Gasteiger partial charge in [-0.25, -0.2) is 9.36 Å². The van der Waals surface area contributed by atoms with E-state index in [-0.39, 0.29) is 23.6 Å². The summed E-state index contributed by atoms with van der Waals surface area (Å²) in [7, 11) is -3.97. The molecule has 3 aromatic rings. The second-order valence-electron chi connectivity index (χ2n) is 10.8. The molecule has 1 unspecified atom stereocenters. The predicted molar refractivity (Wildman–Crippen MR) is 145 cm³/mol. The number of carbonyl (C=O) groups is 1. The number of unbranched alkanes of at least 4 members (excludes halogenated alkanes) is 1. The number of nitrogens with zero attached hydrogens (tertiary/aromatic N) is 2. The summed E-state index contributed by atoms with van der Waals surface area (Å²) in [5.74, 6) is -0.818. The van der Waals surface area contributed by atoms with Crippen molar-refractivity contribution in [3.63, 3.8) is 0 Å². The average Bonchev–Trinajstić information content (AvgIpc) is 2.82. The molecule has 1 aliphatic heterocycles. The highest BCUT2D eigenvalue weighted by atomic mass is 32.2. The molecule has 9 nitrogen and oxygen atoms in total. The van der Waals surface area contributed by atoms with Crippen LogP contribution in [0, 0.1) is 0 Å². The molecule has 0 aliphatic carbocycles. The highest BCUT2D eigenvalue weighted by Crippen LogP contribution is 2.45. The zero-order valence-corrected chi connectivity index (χ0v) is 22.8. The molecule has 1 atom stereocenters. The van der Waals surface area contributed by atoms with Gasteiger partial charge in [0, 0.05) is 48.1 Å². The summed E-state index contributed by atoms with van der Waals surface area (Å²) in [6, 6.07) is 9.50. The molecule has 4 rings (SSSR count). The van der Waals surface area contributed by atoms with Gasteiger partial charge >= 0.3 is 11.6 Å². The van der Waals surface area contributed by atoms with Gasteiger partial charge in [-0.2, -0.15) is 8.42 Å². The molecule has 0 saturated heterocycles. The smallest absolute Gasteiger partial charge is 0.344 e. The first-order valence-electron chi connectivity index (χ1n) is 12.9. The zero-order valence-electron chi connectivity index (χ0n) is 22.0. The zero-order chi connectivity index (χ0) is 27.7. The fourth-order valence-electron chi connectivity index (χ4n) is 5.51. The third-order valence-corrected chi connectivity index (χ3v) is 8.05. The molecule has 204 valence electrons. The molecule has 1 aliphatic rings. The summed E-state index contributed by atoms with van der Waals surface area (Å²) in [5, 5.41) is 9.92. The number of pyridine rings is 1. The van der Waals surface area contributed by atoms with E-state index in [1.807, 2.05) is 41.2 Å². The number of fused-ring (bicyclic) bond motifs is 2. The molecule has 0 amide bonds. The number of carboxylic acids is 1. The maximum absolute atomic E-state index is 13.1. The van der Waals surface area contributed by atoms with Gasteiger partial charge in [-0.1, -0.05) is 6.92 Å². The number of aliphatic carboxylic acids is 1. The van der Waals surface area contributed by atoms with Crippen LogP contribution < -0.4 is 15.1 Å². The summed E-state index contributed by atoms with van der Waals surface area (Å²) < 4.78 is 38.5. The molecule has 3 heterocycles. The lowest BCUT2D eigenvalue weighted by Crippen LogP contribution is -2.48. The standard InChI is InChI=1S/C28H34N2O7S/c1-19-17-28(2,3)30(12-7-9-26(31)32)24-16-25-21(14-22(19)24)15-23(27(33)37-25)20-8-6-11-29(18-20)10-4-5-13-38(34,35)36/h6,8,11,14-16,18-19H,4-5,7,9-10,12-13,17H2,1-3H3,(H-,31,32,34,35,36)/p+1. The van der Waals surface area contributed by atoms with Gasteiger partial charge in [0.25, 0.3) is 10.1 Å². The Morgan fingerprint density at radius 1 is 1.21 bits per heavy atom. The molecule has 0 radical (unpaired) electrons. The van der Waals surface area contributed by atoms with Crippen molar-refractivity contribution in [1.82, 2.24) is 0 Å². The van der Waals surface area contributed by atoms with Crippen LogP contribution in [0.3, 0.4) is 0 Å². The molecule has 0 spiro atoms. The van der Waals surface area contributed by atoms with E-state index >= 15 is 0 Å². The summed E-state index contributed by atoms with van der Waals surface area (Å²) in [6.45, 7) is 7.64. The maximum Gasteiger partial charge on any atom is 0.344 e. The lowest BCUT2D eigenvalue weighted by molar-refractivity contribution is -0.696. The second kappa shape index (κ2) is 10.9. The Kier molecular flexibility index (Phi) is 7.94. The summed E-state index contributed by atoms with van der Waals surface area (Å²) in [5.41, 5.74) is 3.12. The van der Waals surface area contributed by atoms with E-state index in [0.29, 0.717) is 49.1 Å². The number of aromatic nitrogens is 1. The molecule has 38 heavy (non-hydrogen) atoms. The van der Waals surface area contributed by atoms with Gasteiger partial charge in [0.2, 0.25) is 0 Å². The SMILES string of the molecule is CC1CC(C)(C)N(CCCC(=O)O)c2cc3oc(=O)c(-c4ccc[n+](CCCCS(=O)(=O)O)c4)cc3cc21. The van der Waals surface area contributed by atoms with E-state index in [1.165, 1.54) is 0 Å². The van der Waals surface area contributed by atoms with Crippen LogP contribution in [-0.4, -0.2) is 41.9 Å². The first-order valence-corrected chi connectivity index (χ1v) is 14.5. The van der Waals surface area contributed by atoms with Crippen molar-refractivity contribution in [3.8, 4) is 11.1 Å². The van der Waals surface area contributed by atoms with Crippen LogP contribution in [0.1, 0.15) is 64.4 Å². The van der Waals surface area contributed by atoms with Crippen molar-refractivity contribution >= 4 is 32.7 Å². The Balaban J connectivity index is 1.65. The molecule has 0 saturated carbocycles. The van der Waals surface area contributed by atoms with Crippen molar-refractivity contribution in [2.45, 2.75) is 70.9 Å². The van der Waals surface area contributed by atoms with Crippen LogP contribution in [0.5, 0.6) is 0 Å². The molecule has 0 fully saturated rings. The Morgan fingerprint density at radius 3 is 2.68 bits per heavy atom. The monoisotopic (exact) mass is 543 g/mol. The van der Waals surface area contributed by atoms with E-state index in [1.54, 1.807) is 0 Å². The minimum Gasteiger partial charge on any atom is -0.481 e. The van der Waals surface area contributed by atoms with E-state index < -0.39 is 21.7 Å². The molecule has 1 aromatic carbocycles. The normalized spacial score (nSPS) is 16.9. The molecule has 0 bridgehead atoms. The van der Waals surface area contributed by atoms with E-state index in [9.17, 15) is 18.0 Å². The Hall–Kier alpha value is -3.24. The van der Waals surface area contributed by atoms with Crippen LogP contribution in [0.4, 0.5) is 5.69 Å². The fraction of sp³-hybridized carbons (Fsp3) is 0.464. The number of carboxylic acid groups (broad SMARTS) is 1. The molecule has 2 N–H and O–H groups in total. The minimum atomic E-state index is -3.97. The van der Waals surface area contributed by atoms with Crippen molar-refractivity contribution < 1.29 is 31.9 Å². The van der Waals surface area contributed by atoms with Gasteiger partial charge in [-0.3, -0.25) is 9.35 Å². The second-order valence-corrected chi connectivity index (χ2v) is 12.4. The molecular formula is C28H35N2O7S+. The largest absolute Gasteiger partial charge is 0.481 e. The van der Waals surface area contributed by atoms with Crippen LogP contribution in [-0.2, 0) is 21.5 Å². The fourth-order valence-corrected chi connectivity index (χ4v) is 6.08. The number of anilines is 1. The third kappa shape index (κ3) is 6.42. The number of aryl methyl sites for hydroxylation is 1. The Labute approximate surface area is 222 Å². The summed E-state index contributed by atoms with van der Waals surface area (Å²) >= 11 is 0. The summed E-state index contributed by atoms with van der Waals surface area (Å²) in [6.07, 6.45) is 6.11. The topological polar surface area (TPSA) is 129 Å². The first kappa shape index (κ1) is 27.8. The molecular weight excluding hydrogens is 508 g/mol. The van der Waals surface area contributed by atoms with E-state index in [2.05, 4.69) is 31.7 Å². The van der Waals surface area contributed by atoms with Crippen molar-refractivity contribution in [2.24, 2.45) is 0 Å². The predicted octanol–water partition coefficient (Wildman–Crippen LogP) is 4.37. The highest BCUT2D eigenvalue weighted by Gasteiger charge is 2.36. The first-order chi connectivity index (χ1) is 17.8. The number of hydrogen-bond acceptors (Lipinski definition) is 6. The van der Waals surface area contributed by atoms with Gasteiger partial charge in [0.1, 0.15) is 12.1 Å². The minimum absolute atomic E-state index is 0.0983. The van der Waals surface area contributed by atoms with Crippen molar-refractivity contribution in [3.05, 3.63) is 58.7 Å². The van der Waals surface area contributed by atoms with Crippen molar-refractivity contribution in [1.29, 1.82) is 0 Å². The van der Waals surface area contributed by atoms with Gasteiger partial charge in [0.05, 0.1) is 16.9 Å². The van der Waals surface area contributed by atoms with Crippen LogP contribution in [0.2, 0.25) is 0 Å². The number of benzene rings is 1. The average molecular weight is 544 g/mol. The van der Waals surface area contributed by atoms with Crippen LogP contribution in [0.15, 0.2) is 51.9 Å². The highest BCUT2D eigenvalue weighted by molar-refractivity contribution is 7.85. The van der Waals surface area contributed by atoms with Crippen molar-refractivity contribution in [2.75, 3.05) is 17.2 Å².